The summed E-state index contributed by atoms with van der Waals surface area (Å²) in [4.78, 5) is 48.8. The fourth-order valence-corrected chi connectivity index (χ4v) is 2.76. The number of nitrogens with two attached hydrogens (primary N) is 1. The van der Waals surface area contributed by atoms with E-state index in [1.807, 2.05) is 27.7 Å². The first-order chi connectivity index (χ1) is 16.8. The van der Waals surface area contributed by atoms with E-state index in [9.17, 15) is 19.2 Å². The molecule has 9 heteroatoms. The maximum atomic E-state index is 12.6. The molecule has 0 fully saturated rings. The lowest BCUT2D eigenvalue weighted by Gasteiger charge is -2.19. The van der Waals surface area contributed by atoms with Crippen LogP contribution in [0.25, 0.3) is 0 Å². The van der Waals surface area contributed by atoms with Gasteiger partial charge in [-0.25, -0.2) is 0 Å². The van der Waals surface area contributed by atoms with E-state index in [2.05, 4.69) is 0 Å². The van der Waals surface area contributed by atoms with Crippen molar-refractivity contribution in [2.24, 2.45) is 29.4 Å². The van der Waals surface area contributed by atoms with Gasteiger partial charge in [0, 0.05) is 6.42 Å². The van der Waals surface area contributed by atoms with Gasteiger partial charge in [-0.2, -0.15) is 0 Å². The lowest BCUT2D eigenvalue weighted by Crippen LogP contribution is -2.37. The van der Waals surface area contributed by atoms with Crippen molar-refractivity contribution in [1.29, 1.82) is 0 Å². The molecule has 0 heterocycles. The Morgan fingerprint density at radius 1 is 0.806 bits per heavy atom. The molecular formula is C27H41NO8. The van der Waals surface area contributed by atoms with E-state index < -0.39 is 30.1 Å². The molecule has 0 aliphatic heterocycles. The molecule has 0 amide bonds. The van der Waals surface area contributed by atoms with Gasteiger partial charge in [-0.1, -0.05) is 54.5 Å². The van der Waals surface area contributed by atoms with Crippen molar-refractivity contribution in [3.8, 4) is 11.5 Å². The van der Waals surface area contributed by atoms with Crippen LogP contribution in [0.3, 0.4) is 0 Å². The zero-order chi connectivity index (χ0) is 27.6. The van der Waals surface area contributed by atoms with Crippen LogP contribution in [0, 0.1) is 23.7 Å². The molecule has 1 aromatic carbocycles. The highest BCUT2D eigenvalue weighted by atomic mass is 16.6. The lowest BCUT2D eigenvalue weighted by molar-refractivity contribution is -0.158. The Bertz CT molecular complexity index is 911. The minimum absolute atomic E-state index is 0.0504. The van der Waals surface area contributed by atoms with Gasteiger partial charge in [0.2, 0.25) is 0 Å². The maximum Gasteiger partial charge on any atom is 0.323 e. The van der Waals surface area contributed by atoms with Crippen molar-refractivity contribution in [1.82, 2.24) is 0 Å². The molecular weight excluding hydrogens is 466 g/mol. The van der Waals surface area contributed by atoms with Gasteiger partial charge in [0.25, 0.3) is 0 Å². The number of hydrogen-bond acceptors (Lipinski definition) is 9. The van der Waals surface area contributed by atoms with Crippen molar-refractivity contribution in [2.75, 3.05) is 6.61 Å². The summed E-state index contributed by atoms with van der Waals surface area (Å²) in [6.45, 7) is 14.4. The van der Waals surface area contributed by atoms with Gasteiger partial charge in [-0.3, -0.25) is 19.2 Å². The average molecular weight is 508 g/mol. The Labute approximate surface area is 214 Å². The summed E-state index contributed by atoms with van der Waals surface area (Å²) in [7, 11) is 0. The topological polar surface area (TPSA) is 131 Å². The van der Waals surface area contributed by atoms with Crippen molar-refractivity contribution in [3.63, 3.8) is 0 Å². The molecule has 2 unspecified atom stereocenters. The minimum atomic E-state index is -1.01. The van der Waals surface area contributed by atoms with Gasteiger partial charge >= 0.3 is 23.9 Å². The quantitative estimate of drug-likeness (QED) is 0.312. The molecule has 1 rings (SSSR count). The molecule has 0 aliphatic rings. The smallest absolute Gasteiger partial charge is 0.323 e. The SMILES string of the molecule is CCC(=O)OC[C@H](C)OC(=O)[C@@H](N)Cc1ccc(OC(=O)C(C)C(C)C)c(OC(=O)C(C)C(C)C)c1. The highest BCUT2D eigenvalue weighted by molar-refractivity contribution is 5.79. The van der Waals surface area contributed by atoms with Crippen LogP contribution in [0.2, 0.25) is 0 Å². The average Bonchev–Trinajstić information content (AvgIpc) is 2.82. The van der Waals surface area contributed by atoms with E-state index in [1.165, 1.54) is 12.1 Å². The third-order valence-electron chi connectivity index (χ3n) is 6.02. The number of benzene rings is 1. The minimum Gasteiger partial charge on any atom is -0.462 e. The van der Waals surface area contributed by atoms with E-state index >= 15 is 0 Å². The Morgan fingerprint density at radius 2 is 1.33 bits per heavy atom. The molecule has 0 aromatic heterocycles. The second-order valence-corrected chi connectivity index (χ2v) is 9.78. The Morgan fingerprint density at radius 3 is 1.83 bits per heavy atom. The van der Waals surface area contributed by atoms with E-state index in [4.69, 9.17) is 24.7 Å². The molecule has 202 valence electrons. The summed E-state index contributed by atoms with van der Waals surface area (Å²) in [6, 6.07) is 3.69. The van der Waals surface area contributed by atoms with Crippen LogP contribution >= 0.6 is 0 Å². The first-order valence-corrected chi connectivity index (χ1v) is 12.4. The van der Waals surface area contributed by atoms with Crippen molar-refractivity contribution < 1.29 is 38.1 Å². The van der Waals surface area contributed by atoms with Crippen LogP contribution in [-0.2, 0) is 35.1 Å². The van der Waals surface area contributed by atoms with Crippen molar-refractivity contribution in [2.45, 2.75) is 80.4 Å². The van der Waals surface area contributed by atoms with Crippen LogP contribution in [0.4, 0.5) is 0 Å². The summed E-state index contributed by atoms with van der Waals surface area (Å²) in [5.41, 5.74) is 6.62. The van der Waals surface area contributed by atoms with E-state index in [-0.39, 0.29) is 60.6 Å². The molecule has 1 aromatic rings. The number of ether oxygens (including phenoxy) is 4. The standard InChI is InChI=1S/C27H41NO8/c1-9-24(29)33-14-17(6)34-27(32)21(28)12-20-10-11-22(35-25(30)18(7)15(2)3)23(13-20)36-26(31)19(8)16(4)5/h10-11,13,15-19,21H,9,12,14,28H2,1-8H3/t17-,18?,19?,21-/m0/s1. The molecule has 0 spiro atoms. The van der Waals surface area contributed by atoms with Crippen molar-refractivity contribution >= 4 is 23.9 Å². The Kier molecular flexibility index (Phi) is 12.6. The third kappa shape index (κ3) is 9.97. The van der Waals surface area contributed by atoms with E-state index in [0.29, 0.717) is 5.56 Å². The highest BCUT2D eigenvalue weighted by Gasteiger charge is 2.25. The molecule has 0 bridgehead atoms. The summed E-state index contributed by atoms with van der Waals surface area (Å²) in [5, 5.41) is 0. The van der Waals surface area contributed by atoms with E-state index in [0.717, 1.165) is 0 Å². The third-order valence-corrected chi connectivity index (χ3v) is 6.02. The number of carbonyl (C=O) groups is 4. The lowest BCUT2D eigenvalue weighted by atomic mass is 9.98. The number of hydrogen-bond donors (Lipinski definition) is 1. The van der Waals surface area contributed by atoms with E-state index in [1.54, 1.807) is 33.8 Å². The summed E-state index contributed by atoms with van der Waals surface area (Å²) >= 11 is 0. The maximum absolute atomic E-state index is 12.6. The van der Waals surface area contributed by atoms with Crippen LogP contribution < -0.4 is 15.2 Å². The number of esters is 4. The fraction of sp³-hybridized carbons (Fsp3) is 0.630. The first kappa shape index (κ1) is 31.1. The monoisotopic (exact) mass is 507 g/mol. The number of rotatable bonds is 13. The molecule has 0 saturated carbocycles. The largest absolute Gasteiger partial charge is 0.462 e. The zero-order valence-corrected chi connectivity index (χ0v) is 22.7. The van der Waals surface area contributed by atoms with Gasteiger partial charge in [-0.05, 0) is 42.9 Å². The molecule has 2 N–H and O–H groups in total. The molecule has 4 atom stereocenters. The molecule has 0 aliphatic carbocycles. The van der Waals surface area contributed by atoms with Crippen LogP contribution in [0.1, 0.15) is 67.4 Å². The van der Waals surface area contributed by atoms with Gasteiger partial charge in [0.1, 0.15) is 18.8 Å². The Balaban J connectivity index is 3.03. The second-order valence-electron chi connectivity index (χ2n) is 9.78. The first-order valence-electron chi connectivity index (χ1n) is 12.4. The van der Waals surface area contributed by atoms with Crippen LogP contribution in [0.5, 0.6) is 11.5 Å². The van der Waals surface area contributed by atoms with Gasteiger partial charge in [-0.15, -0.1) is 0 Å². The van der Waals surface area contributed by atoms with Gasteiger partial charge in [0.05, 0.1) is 11.8 Å². The van der Waals surface area contributed by atoms with Crippen LogP contribution in [0.15, 0.2) is 18.2 Å². The summed E-state index contributed by atoms with van der Waals surface area (Å²) in [6.07, 6.45) is -0.343. The molecule has 36 heavy (non-hydrogen) atoms. The molecule has 9 nitrogen and oxygen atoms in total. The summed E-state index contributed by atoms with van der Waals surface area (Å²) < 4.78 is 21.4. The highest BCUT2D eigenvalue weighted by Crippen LogP contribution is 2.31. The van der Waals surface area contributed by atoms with Gasteiger partial charge in [0.15, 0.2) is 11.5 Å². The number of carbonyl (C=O) groups excluding carboxylic acids is 4. The zero-order valence-electron chi connectivity index (χ0n) is 22.7. The van der Waals surface area contributed by atoms with Crippen molar-refractivity contribution in [3.05, 3.63) is 23.8 Å². The predicted octanol–water partition coefficient (Wildman–Crippen LogP) is 3.84. The second kappa shape index (κ2) is 14.6. The predicted molar refractivity (Wildman–Crippen MR) is 134 cm³/mol. The molecule has 0 radical (unpaired) electrons. The summed E-state index contributed by atoms with van der Waals surface area (Å²) in [5.74, 6) is -2.38. The van der Waals surface area contributed by atoms with Gasteiger partial charge < -0.3 is 24.7 Å². The fourth-order valence-electron chi connectivity index (χ4n) is 2.76. The molecule has 0 saturated heterocycles. The Hall–Kier alpha value is -2.94. The normalized spacial score (nSPS) is 14.5. The van der Waals surface area contributed by atoms with Crippen LogP contribution in [-0.4, -0.2) is 42.6 Å².